The number of aryl methyl sites for hydroxylation is 2. The number of sulfonamides is 1. The Balaban J connectivity index is 1.35. The van der Waals surface area contributed by atoms with E-state index in [1.54, 1.807) is 6.92 Å². The third kappa shape index (κ3) is 4.78. The molecule has 4 heterocycles. The Hall–Kier alpha value is -3.04. The Bertz CT molecular complexity index is 1450. The molecule has 38 heavy (non-hydrogen) atoms. The van der Waals surface area contributed by atoms with Crippen molar-refractivity contribution in [2.45, 2.75) is 28.7 Å². The van der Waals surface area contributed by atoms with E-state index in [0.717, 1.165) is 16.7 Å². The maximum atomic E-state index is 13.6. The number of halogens is 3. The molecule has 3 amide bonds. The number of thioether (sulfide) groups is 1. The van der Waals surface area contributed by atoms with Crippen molar-refractivity contribution in [3.63, 3.8) is 0 Å². The van der Waals surface area contributed by atoms with Crippen LogP contribution in [0.25, 0.3) is 0 Å². The highest BCUT2D eigenvalue weighted by molar-refractivity contribution is 8.00. The number of likely N-dealkylation sites (tertiary alicyclic amines) is 2. The van der Waals surface area contributed by atoms with Gasteiger partial charge in [0.25, 0.3) is 11.8 Å². The summed E-state index contributed by atoms with van der Waals surface area (Å²) in [4.78, 5) is 40.2. The van der Waals surface area contributed by atoms with Crippen LogP contribution in [0.4, 0.5) is 18.9 Å². The first-order chi connectivity index (χ1) is 17.8. The molecule has 3 aliphatic rings. The van der Waals surface area contributed by atoms with Gasteiger partial charge < -0.3 is 19.7 Å². The smallest absolute Gasteiger partial charge is 0.312 e. The largest absolute Gasteiger partial charge is 0.344 e. The molecule has 0 spiro atoms. The second-order valence-corrected chi connectivity index (χ2v) is 12.4. The Kier molecular flexibility index (Phi) is 6.51. The van der Waals surface area contributed by atoms with Gasteiger partial charge in [0, 0.05) is 49.7 Å². The number of amides is 3. The number of anilines is 1. The second kappa shape index (κ2) is 9.31. The highest BCUT2D eigenvalue weighted by atomic mass is 32.2. The van der Waals surface area contributed by atoms with Gasteiger partial charge >= 0.3 is 11.8 Å². The molecule has 2 fully saturated rings. The number of carbonyl (C=O) groups excluding carboxylic acids is 3. The van der Waals surface area contributed by atoms with Crippen LogP contribution in [0.5, 0.6) is 0 Å². The molecule has 2 N–H and O–H groups in total. The van der Waals surface area contributed by atoms with Crippen LogP contribution >= 0.6 is 11.8 Å². The van der Waals surface area contributed by atoms with Crippen LogP contribution < -0.4 is 10.0 Å². The van der Waals surface area contributed by atoms with E-state index in [-0.39, 0.29) is 28.6 Å². The molecular formula is C23H24F3N5O5S2. The summed E-state index contributed by atoms with van der Waals surface area (Å²) in [6.07, 6.45) is 1.32. The molecule has 1 aromatic heterocycles. The number of hydrogen-bond donors (Lipinski definition) is 2. The molecule has 2 aromatic rings. The third-order valence-corrected chi connectivity index (χ3v) is 9.74. The number of hydrogen-bond acceptors (Lipinski definition) is 6. The number of fused-ring (bicyclic) bond motifs is 2. The SMILES string of the molecule is Cc1cc(NC(=O)c2c3c(cn2C)S(=O)(=O)N[C@H]2CN(C(=O)C(=O)N4CC(F)(F)C4)C[C@H]2CS3)ccc1F. The fourth-order valence-electron chi connectivity index (χ4n) is 4.80. The number of carbonyl (C=O) groups is 3. The molecule has 2 atom stereocenters. The van der Waals surface area contributed by atoms with Crippen molar-refractivity contribution in [1.29, 1.82) is 0 Å². The molecule has 3 aliphatic heterocycles. The number of alkyl halides is 2. The van der Waals surface area contributed by atoms with E-state index in [0.29, 0.717) is 17.0 Å². The van der Waals surface area contributed by atoms with Crippen LogP contribution in [0, 0.1) is 18.7 Å². The minimum atomic E-state index is -4.12. The summed E-state index contributed by atoms with van der Waals surface area (Å²) in [5.41, 5.74) is 0.768. The molecule has 0 aliphatic carbocycles. The number of nitrogens with zero attached hydrogens (tertiary/aromatic N) is 3. The normalized spacial score (nSPS) is 23.5. The van der Waals surface area contributed by atoms with Gasteiger partial charge in [-0.1, -0.05) is 0 Å². The molecule has 0 radical (unpaired) electrons. The summed E-state index contributed by atoms with van der Waals surface area (Å²) in [6.45, 7) is -0.125. The van der Waals surface area contributed by atoms with E-state index in [1.165, 1.54) is 40.9 Å². The van der Waals surface area contributed by atoms with Gasteiger partial charge in [-0.25, -0.2) is 26.3 Å². The summed E-state index contributed by atoms with van der Waals surface area (Å²) in [5, 5.41) is 2.67. The van der Waals surface area contributed by atoms with Crippen LogP contribution in [0.2, 0.25) is 0 Å². The lowest BCUT2D eigenvalue weighted by Gasteiger charge is -2.38. The fraction of sp³-hybridized carbons (Fsp3) is 0.435. The predicted molar refractivity (Wildman–Crippen MR) is 131 cm³/mol. The van der Waals surface area contributed by atoms with Gasteiger partial charge in [-0.15, -0.1) is 11.8 Å². The topological polar surface area (TPSA) is 121 Å². The number of benzene rings is 1. The van der Waals surface area contributed by atoms with E-state index < -0.39 is 64.5 Å². The summed E-state index contributed by atoms with van der Waals surface area (Å²) in [6, 6.07) is 3.38. The maximum Gasteiger partial charge on any atom is 0.312 e. The van der Waals surface area contributed by atoms with Gasteiger partial charge in [0.2, 0.25) is 10.0 Å². The minimum Gasteiger partial charge on any atom is -0.344 e. The molecule has 0 saturated carbocycles. The number of nitrogens with one attached hydrogen (secondary N) is 2. The van der Waals surface area contributed by atoms with Crippen LogP contribution in [0.1, 0.15) is 16.1 Å². The molecule has 204 valence electrons. The summed E-state index contributed by atoms with van der Waals surface area (Å²) in [7, 11) is -2.59. The number of rotatable bonds is 2. The van der Waals surface area contributed by atoms with Crippen molar-refractivity contribution in [2.24, 2.45) is 13.0 Å². The fourth-order valence-corrected chi connectivity index (χ4v) is 8.02. The lowest BCUT2D eigenvalue weighted by molar-refractivity contribution is -0.173. The van der Waals surface area contributed by atoms with Gasteiger partial charge in [0.15, 0.2) is 0 Å². The Morgan fingerprint density at radius 2 is 1.82 bits per heavy atom. The Labute approximate surface area is 220 Å². The third-order valence-electron chi connectivity index (χ3n) is 6.81. The van der Waals surface area contributed by atoms with Crippen molar-refractivity contribution < 1.29 is 36.0 Å². The van der Waals surface area contributed by atoms with Gasteiger partial charge in [-0.05, 0) is 30.7 Å². The molecule has 0 bridgehead atoms. The van der Waals surface area contributed by atoms with Gasteiger partial charge in [0.05, 0.1) is 18.0 Å². The Morgan fingerprint density at radius 3 is 2.47 bits per heavy atom. The molecular weight excluding hydrogens is 547 g/mol. The zero-order valence-corrected chi connectivity index (χ0v) is 22.0. The molecule has 1 aromatic carbocycles. The first kappa shape index (κ1) is 26.6. The molecule has 0 unspecified atom stereocenters. The standard InChI is InChI=1S/C23H24F3N5O5S2/c1-12-5-14(3-4-15(12)24)27-20(32)18-19-17(8-29(18)2)38(35,36)28-16-7-30(6-13(16)9-37-19)21(33)22(34)31-10-23(25,26)11-31/h3-5,8,13,16,28H,6-7,9-11H2,1-2H3,(H,27,32)/t13-,16-/m0/s1. The second-order valence-electron chi connectivity index (χ2n) is 9.73. The maximum absolute atomic E-state index is 13.6. The van der Waals surface area contributed by atoms with Crippen LogP contribution in [0.15, 0.2) is 34.2 Å². The average molecular weight is 572 g/mol. The van der Waals surface area contributed by atoms with E-state index >= 15 is 0 Å². The lowest BCUT2D eigenvalue weighted by atomic mass is 10.1. The van der Waals surface area contributed by atoms with Crippen LogP contribution in [0.3, 0.4) is 0 Å². The van der Waals surface area contributed by atoms with Crippen LogP contribution in [-0.4, -0.2) is 84.4 Å². The molecule has 15 heteroatoms. The first-order valence-corrected chi connectivity index (χ1v) is 14.1. The monoisotopic (exact) mass is 571 g/mol. The van der Waals surface area contributed by atoms with E-state index in [9.17, 15) is 36.0 Å². The van der Waals surface area contributed by atoms with Gasteiger partial charge in [-0.2, -0.15) is 0 Å². The summed E-state index contributed by atoms with van der Waals surface area (Å²) in [5.74, 6) is -6.09. The van der Waals surface area contributed by atoms with Crippen molar-refractivity contribution in [3.8, 4) is 0 Å². The van der Waals surface area contributed by atoms with Crippen molar-refractivity contribution in [2.75, 3.05) is 37.2 Å². The van der Waals surface area contributed by atoms with Crippen LogP contribution in [-0.2, 0) is 26.7 Å². The van der Waals surface area contributed by atoms with Crippen molar-refractivity contribution >= 4 is 45.2 Å². The molecule has 5 rings (SSSR count). The summed E-state index contributed by atoms with van der Waals surface area (Å²) < 4.78 is 70.5. The van der Waals surface area contributed by atoms with E-state index in [4.69, 9.17) is 0 Å². The first-order valence-electron chi connectivity index (χ1n) is 11.6. The van der Waals surface area contributed by atoms with Crippen molar-refractivity contribution in [1.82, 2.24) is 19.1 Å². The number of aromatic nitrogens is 1. The average Bonchev–Trinajstić information content (AvgIpc) is 3.36. The van der Waals surface area contributed by atoms with Gasteiger partial charge in [-0.3, -0.25) is 14.4 Å². The Morgan fingerprint density at radius 1 is 1.13 bits per heavy atom. The highest BCUT2D eigenvalue weighted by Gasteiger charge is 2.50. The van der Waals surface area contributed by atoms with Gasteiger partial charge in [0.1, 0.15) is 16.4 Å². The molecule has 10 nitrogen and oxygen atoms in total. The highest BCUT2D eigenvalue weighted by Crippen LogP contribution is 2.38. The zero-order valence-electron chi connectivity index (χ0n) is 20.3. The lowest BCUT2D eigenvalue weighted by Crippen LogP contribution is -2.61. The van der Waals surface area contributed by atoms with Crippen molar-refractivity contribution in [3.05, 3.63) is 41.5 Å². The zero-order chi connectivity index (χ0) is 27.6. The molecule has 2 saturated heterocycles. The predicted octanol–water partition coefficient (Wildman–Crippen LogP) is 1.41. The van der Waals surface area contributed by atoms with E-state index in [1.807, 2.05) is 0 Å². The minimum absolute atomic E-state index is 0.0492. The summed E-state index contributed by atoms with van der Waals surface area (Å²) >= 11 is 1.14. The quantitative estimate of drug-likeness (QED) is 0.526. The van der Waals surface area contributed by atoms with E-state index in [2.05, 4.69) is 10.0 Å².